The molecular weight excluding hydrogens is 252 g/mol. The van der Waals surface area contributed by atoms with Gasteiger partial charge in [0, 0.05) is 22.8 Å². The molecule has 0 atom stereocenters. The molecule has 0 N–H and O–H groups in total. The van der Waals surface area contributed by atoms with Gasteiger partial charge in [0.15, 0.2) is 0 Å². The van der Waals surface area contributed by atoms with E-state index in [2.05, 4.69) is 39.2 Å². The molecule has 0 unspecified atom stereocenters. The predicted octanol–water partition coefficient (Wildman–Crippen LogP) is 2.95. The van der Waals surface area contributed by atoms with Gasteiger partial charge < -0.3 is 0 Å². The number of aryl methyl sites for hydroxylation is 2. The minimum Gasteiger partial charge on any atom is -0.272 e. The minimum atomic E-state index is 1.09. The molecular formula is C12H11BrN2. The Bertz CT molecular complexity index is 528. The summed E-state index contributed by atoms with van der Waals surface area (Å²) >= 11 is 3.51. The van der Waals surface area contributed by atoms with Gasteiger partial charge in [-0.1, -0.05) is 22.0 Å². The molecule has 0 aliphatic heterocycles. The van der Waals surface area contributed by atoms with Gasteiger partial charge >= 0.3 is 0 Å². The highest BCUT2D eigenvalue weighted by Crippen LogP contribution is 2.34. The van der Waals surface area contributed by atoms with Gasteiger partial charge in [-0.2, -0.15) is 5.10 Å². The van der Waals surface area contributed by atoms with Gasteiger partial charge in [0.05, 0.1) is 6.20 Å². The molecule has 0 amide bonds. The fourth-order valence-corrected chi connectivity index (χ4v) is 2.68. The van der Waals surface area contributed by atoms with Crippen LogP contribution in [0.25, 0.3) is 11.1 Å². The van der Waals surface area contributed by atoms with Crippen molar-refractivity contribution in [2.75, 3.05) is 0 Å². The molecule has 0 radical (unpaired) electrons. The van der Waals surface area contributed by atoms with Crippen molar-refractivity contribution in [3.8, 4) is 11.1 Å². The first-order valence-corrected chi connectivity index (χ1v) is 5.84. The molecule has 15 heavy (non-hydrogen) atoms. The monoisotopic (exact) mass is 262 g/mol. The number of rotatable bonds is 0. The second kappa shape index (κ2) is 3.20. The smallest absolute Gasteiger partial charge is 0.0571 e. The summed E-state index contributed by atoms with van der Waals surface area (Å²) in [7, 11) is 2.02. The van der Waals surface area contributed by atoms with E-state index in [1.807, 2.05) is 17.9 Å². The SMILES string of the molecule is Cn1ncc2c1CCc1cc(Br)ccc1-2. The highest BCUT2D eigenvalue weighted by atomic mass is 79.9. The molecule has 0 saturated carbocycles. The lowest BCUT2D eigenvalue weighted by atomic mass is 9.90. The number of hydrogen-bond acceptors (Lipinski definition) is 1. The highest BCUT2D eigenvalue weighted by Gasteiger charge is 2.18. The molecule has 3 rings (SSSR count). The van der Waals surface area contributed by atoms with E-state index in [4.69, 9.17) is 0 Å². The van der Waals surface area contributed by atoms with E-state index >= 15 is 0 Å². The van der Waals surface area contributed by atoms with Crippen LogP contribution in [0.3, 0.4) is 0 Å². The van der Waals surface area contributed by atoms with E-state index in [1.165, 1.54) is 22.4 Å². The Morgan fingerprint density at radius 2 is 2.13 bits per heavy atom. The second-order valence-electron chi connectivity index (χ2n) is 3.93. The summed E-state index contributed by atoms with van der Waals surface area (Å²) in [5, 5.41) is 4.32. The van der Waals surface area contributed by atoms with Crippen LogP contribution in [-0.4, -0.2) is 9.78 Å². The Balaban J connectivity index is 2.26. The molecule has 1 heterocycles. The fraction of sp³-hybridized carbons (Fsp3) is 0.250. The van der Waals surface area contributed by atoms with Crippen LogP contribution in [0.1, 0.15) is 11.3 Å². The van der Waals surface area contributed by atoms with Crippen molar-refractivity contribution >= 4 is 15.9 Å². The Hall–Kier alpha value is -1.09. The number of halogens is 1. The Morgan fingerprint density at radius 3 is 3.00 bits per heavy atom. The average molecular weight is 263 g/mol. The molecule has 1 aliphatic rings. The van der Waals surface area contributed by atoms with Crippen molar-refractivity contribution < 1.29 is 0 Å². The van der Waals surface area contributed by atoms with Gasteiger partial charge in [-0.25, -0.2) is 0 Å². The molecule has 0 fully saturated rings. The first-order valence-electron chi connectivity index (χ1n) is 5.05. The van der Waals surface area contributed by atoms with Crippen molar-refractivity contribution in [3.05, 3.63) is 40.1 Å². The van der Waals surface area contributed by atoms with Crippen molar-refractivity contribution in [1.82, 2.24) is 9.78 Å². The highest BCUT2D eigenvalue weighted by molar-refractivity contribution is 9.10. The van der Waals surface area contributed by atoms with Crippen LogP contribution < -0.4 is 0 Å². The van der Waals surface area contributed by atoms with Crippen LogP contribution in [0.5, 0.6) is 0 Å². The predicted molar refractivity (Wildman–Crippen MR) is 63.8 cm³/mol. The van der Waals surface area contributed by atoms with Crippen LogP contribution >= 0.6 is 15.9 Å². The van der Waals surface area contributed by atoms with Gasteiger partial charge in [0.2, 0.25) is 0 Å². The van der Waals surface area contributed by atoms with Crippen LogP contribution in [-0.2, 0) is 19.9 Å². The number of hydrogen-bond donors (Lipinski definition) is 0. The first kappa shape index (κ1) is 9.16. The van der Waals surface area contributed by atoms with E-state index in [-0.39, 0.29) is 0 Å². The van der Waals surface area contributed by atoms with Crippen molar-refractivity contribution in [2.24, 2.45) is 7.05 Å². The van der Waals surface area contributed by atoms with Crippen LogP contribution in [0.2, 0.25) is 0 Å². The third kappa shape index (κ3) is 1.34. The summed E-state index contributed by atoms with van der Waals surface area (Å²) in [5.74, 6) is 0. The zero-order valence-corrected chi connectivity index (χ0v) is 10.1. The Labute approximate surface area is 97.1 Å². The molecule has 2 nitrogen and oxygen atoms in total. The lowest BCUT2D eigenvalue weighted by Crippen LogP contribution is -2.07. The Kier molecular flexibility index (Phi) is 1.96. The molecule has 3 heteroatoms. The summed E-state index contributed by atoms with van der Waals surface area (Å²) in [5.41, 5.74) is 5.41. The van der Waals surface area contributed by atoms with Gasteiger partial charge in [-0.3, -0.25) is 4.68 Å². The van der Waals surface area contributed by atoms with Gasteiger partial charge in [-0.05, 0) is 36.1 Å². The standard InChI is InChI=1S/C12H11BrN2/c1-15-12-5-2-8-6-9(13)3-4-10(8)11(12)7-14-15/h3-4,6-7H,2,5H2,1H3. The molecule has 1 aliphatic carbocycles. The summed E-state index contributed by atoms with van der Waals surface area (Å²) in [4.78, 5) is 0. The maximum atomic E-state index is 4.32. The average Bonchev–Trinajstić information content (AvgIpc) is 2.60. The van der Waals surface area contributed by atoms with Crippen molar-refractivity contribution in [3.63, 3.8) is 0 Å². The van der Waals surface area contributed by atoms with E-state index in [0.29, 0.717) is 0 Å². The quantitative estimate of drug-likeness (QED) is 0.714. The third-order valence-electron chi connectivity index (χ3n) is 3.05. The van der Waals surface area contributed by atoms with Gasteiger partial charge in [0.1, 0.15) is 0 Å². The largest absolute Gasteiger partial charge is 0.272 e. The van der Waals surface area contributed by atoms with Gasteiger partial charge in [0.25, 0.3) is 0 Å². The number of fused-ring (bicyclic) bond motifs is 3. The summed E-state index contributed by atoms with van der Waals surface area (Å²) in [6, 6.07) is 6.49. The van der Waals surface area contributed by atoms with E-state index in [1.54, 1.807) is 0 Å². The zero-order chi connectivity index (χ0) is 10.4. The van der Waals surface area contributed by atoms with E-state index in [9.17, 15) is 0 Å². The molecule has 2 aromatic rings. The van der Waals surface area contributed by atoms with Crippen LogP contribution in [0.4, 0.5) is 0 Å². The second-order valence-corrected chi connectivity index (χ2v) is 4.85. The Morgan fingerprint density at radius 1 is 1.27 bits per heavy atom. The number of nitrogens with zero attached hydrogens (tertiary/aromatic N) is 2. The number of benzene rings is 1. The molecule has 1 aromatic heterocycles. The number of aromatic nitrogens is 2. The molecule has 0 spiro atoms. The maximum Gasteiger partial charge on any atom is 0.0571 e. The minimum absolute atomic E-state index is 1.09. The zero-order valence-electron chi connectivity index (χ0n) is 8.50. The molecule has 0 bridgehead atoms. The first-order chi connectivity index (χ1) is 7.25. The van der Waals surface area contributed by atoms with E-state index < -0.39 is 0 Å². The summed E-state index contributed by atoms with van der Waals surface area (Å²) in [6.07, 6.45) is 4.18. The van der Waals surface area contributed by atoms with E-state index in [0.717, 1.165) is 17.3 Å². The lowest BCUT2D eigenvalue weighted by molar-refractivity contribution is 0.700. The lowest BCUT2D eigenvalue weighted by Gasteiger charge is -2.16. The fourth-order valence-electron chi connectivity index (χ4n) is 2.27. The maximum absolute atomic E-state index is 4.32. The molecule has 1 aromatic carbocycles. The molecule has 76 valence electrons. The summed E-state index contributed by atoms with van der Waals surface area (Å²) in [6.45, 7) is 0. The summed E-state index contributed by atoms with van der Waals surface area (Å²) < 4.78 is 3.15. The topological polar surface area (TPSA) is 17.8 Å². The molecule has 0 saturated heterocycles. The van der Waals surface area contributed by atoms with Crippen molar-refractivity contribution in [2.45, 2.75) is 12.8 Å². The third-order valence-corrected chi connectivity index (χ3v) is 3.54. The van der Waals surface area contributed by atoms with Crippen LogP contribution in [0, 0.1) is 0 Å². The van der Waals surface area contributed by atoms with Gasteiger partial charge in [-0.15, -0.1) is 0 Å². The van der Waals surface area contributed by atoms with Crippen LogP contribution in [0.15, 0.2) is 28.9 Å². The normalized spacial score (nSPS) is 13.5. The van der Waals surface area contributed by atoms with Crippen molar-refractivity contribution in [1.29, 1.82) is 0 Å².